The lowest BCUT2D eigenvalue weighted by molar-refractivity contribution is -0.384. The van der Waals surface area contributed by atoms with Gasteiger partial charge in [0.2, 0.25) is 0 Å². The third-order valence-electron chi connectivity index (χ3n) is 1.75. The van der Waals surface area contributed by atoms with Crippen molar-refractivity contribution >= 4 is 11.4 Å². The molecule has 0 aliphatic rings. The van der Waals surface area contributed by atoms with Gasteiger partial charge in [0.15, 0.2) is 0 Å². The van der Waals surface area contributed by atoms with Crippen LogP contribution in [-0.4, -0.2) is 23.2 Å². The van der Waals surface area contributed by atoms with E-state index in [9.17, 15) is 10.1 Å². The fraction of sp³-hybridized carbons (Fsp3) is 0.222. The van der Waals surface area contributed by atoms with Gasteiger partial charge < -0.3 is 10.4 Å². The van der Waals surface area contributed by atoms with Crippen molar-refractivity contribution in [3.63, 3.8) is 0 Å². The van der Waals surface area contributed by atoms with Crippen LogP contribution < -0.4 is 5.32 Å². The minimum absolute atomic E-state index is 0.109. The van der Waals surface area contributed by atoms with Crippen molar-refractivity contribution < 1.29 is 10.0 Å². The van der Waals surface area contributed by atoms with Gasteiger partial charge in [0, 0.05) is 12.6 Å². The number of aliphatic hydroxyl groups excluding tert-OH is 1. The number of nitriles is 1. The second-order valence-corrected chi connectivity index (χ2v) is 2.75. The van der Waals surface area contributed by atoms with Crippen LogP contribution in [0.4, 0.5) is 11.4 Å². The van der Waals surface area contributed by atoms with Gasteiger partial charge in [-0.3, -0.25) is 10.1 Å². The lowest BCUT2D eigenvalue weighted by Gasteiger charge is -2.05. The maximum absolute atomic E-state index is 10.6. The number of rotatable bonds is 4. The number of aliphatic hydroxyl groups is 1. The number of hydrogen-bond acceptors (Lipinski definition) is 5. The number of hydrogen-bond donors (Lipinski definition) is 2. The predicted molar refractivity (Wildman–Crippen MR) is 53.4 cm³/mol. The standard InChI is InChI=1S/C9H9N3O3/c10-6-7-1-2-9(12(14)15)8(5-7)11-3-4-13/h1-2,5,11,13H,3-4H2. The Kier molecular flexibility index (Phi) is 3.60. The van der Waals surface area contributed by atoms with Gasteiger partial charge in [-0.2, -0.15) is 5.26 Å². The summed E-state index contributed by atoms with van der Waals surface area (Å²) in [6.07, 6.45) is 0. The van der Waals surface area contributed by atoms with E-state index in [1.165, 1.54) is 18.2 Å². The van der Waals surface area contributed by atoms with Crippen LogP contribution in [0.5, 0.6) is 0 Å². The van der Waals surface area contributed by atoms with E-state index in [1.54, 1.807) is 0 Å². The van der Waals surface area contributed by atoms with E-state index in [4.69, 9.17) is 10.4 Å². The average Bonchev–Trinajstić information content (AvgIpc) is 2.25. The maximum atomic E-state index is 10.6. The van der Waals surface area contributed by atoms with Crippen LogP contribution in [-0.2, 0) is 0 Å². The molecule has 0 spiro atoms. The summed E-state index contributed by atoms with van der Waals surface area (Å²) >= 11 is 0. The molecule has 6 heteroatoms. The molecule has 6 nitrogen and oxygen atoms in total. The molecule has 78 valence electrons. The highest BCUT2D eigenvalue weighted by Gasteiger charge is 2.13. The monoisotopic (exact) mass is 207 g/mol. The van der Waals surface area contributed by atoms with Crippen molar-refractivity contribution in [2.45, 2.75) is 0 Å². The number of anilines is 1. The number of nitro benzene ring substituents is 1. The Hall–Kier alpha value is -2.13. The highest BCUT2D eigenvalue weighted by molar-refractivity contribution is 5.64. The highest BCUT2D eigenvalue weighted by atomic mass is 16.6. The predicted octanol–water partition coefficient (Wildman–Crippen LogP) is 0.871. The van der Waals surface area contributed by atoms with Crippen molar-refractivity contribution in [1.29, 1.82) is 5.26 Å². The molecule has 1 aromatic carbocycles. The van der Waals surface area contributed by atoms with Gasteiger partial charge in [-0.05, 0) is 12.1 Å². The molecule has 2 N–H and O–H groups in total. The summed E-state index contributed by atoms with van der Waals surface area (Å²) in [5.74, 6) is 0. The Morgan fingerprint density at radius 2 is 2.33 bits per heavy atom. The SMILES string of the molecule is N#Cc1ccc([N+](=O)[O-])c(NCCO)c1. The molecule has 0 saturated carbocycles. The Bertz CT molecular complexity index is 412. The molecule has 0 unspecified atom stereocenters. The van der Waals surface area contributed by atoms with Gasteiger partial charge in [-0.25, -0.2) is 0 Å². The third kappa shape index (κ3) is 2.65. The van der Waals surface area contributed by atoms with E-state index in [0.29, 0.717) is 5.56 Å². The Morgan fingerprint density at radius 1 is 1.60 bits per heavy atom. The van der Waals surface area contributed by atoms with Crippen molar-refractivity contribution in [3.05, 3.63) is 33.9 Å². The van der Waals surface area contributed by atoms with Gasteiger partial charge in [-0.1, -0.05) is 0 Å². The molecule has 0 fully saturated rings. The van der Waals surface area contributed by atoms with Gasteiger partial charge in [-0.15, -0.1) is 0 Å². The largest absolute Gasteiger partial charge is 0.395 e. The highest BCUT2D eigenvalue weighted by Crippen LogP contribution is 2.24. The third-order valence-corrected chi connectivity index (χ3v) is 1.75. The molecule has 0 amide bonds. The second-order valence-electron chi connectivity index (χ2n) is 2.75. The number of nitrogens with one attached hydrogen (secondary N) is 1. The number of nitro groups is 1. The van der Waals surface area contributed by atoms with E-state index >= 15 is 0 Å². The smallest absolute Gasteiger partial charge is 0.292 e. The molecule has 0 saturated heterocycles. The molecule has 1 aromatic rings. The van der Waals surface area contributed by atoms with Crippen LogP contribution in [0.15, 0.2) is 18.2 Å². The van der Waals surface area contributed by atoms with Gasteiger partial charge in [0.25, 0.3) is 5.69 Å². The average molecular weight is 207 g/mol. The normalized spacial score (nSPS) is 9.33. The van der Waals surface area contributed by atoms with Crippen molar-refractivity contribution in [2.75, 3.05) is 18.5 Å². The quantitative estimate of drug-likeness (QED) is 0.563. The first kappa shape index (κ1) is 10.9. The first-order chi connectivity index (χ1) is 7.19. The summed E-state index contributed by atoms with van der Waals surface area (Å²) in [5.41, 5.74) is 0.469. The fourth-order valence-corrected chi connectivity index (χ4v) is 1.10. The Morgan fingerprint density at radius 3 is 2.87 bits per heavy atom. The minimum Gasteiger partial charge on any atom is -0.395 e. The summed E-state index contributed by atoms with van der Waals surface area (Å²) in [6, 6.07) is 5.91. The minimum atomic E-state index is -0.541. The summed E-state index contributed by atoms with van der Waals surface area (Å²) < 4.78 is 0. The first-order valence-electron chi connectivity index (χ1n) is 4.22. The van der Waals surface area contributed by atoms with E-state index in [2.05, 4.69) is 5.32 Å². The van der Waals surface area contributed by atoms with Crippen molar-refractivity contribution in [2.24, 2.45) is 0 Å². The lowest BCUT2D eigenvalue weighted by atomic mass is 10.2. The molecular weight excluding hydrogens is 198 g/mol. The summed E-state index contributed by atoms with van der Waals surface area (Å²) in [5, 5.41) is 30.5. The molecule has 0 radical (unpaired) electrons. The number of benzene rings is 1. The van der Waals surface area contributed by atoms with E-state index in [-0.39, 0.29) is 24.5 Å². The summed E-state index contributed by atoms with van der Waals surface area (Å²) in [4.78, 5) is 10.1. The van der Waals surface area contributed by atoms with Crippen molar-refractivity contribution in [1.82, 2.24) is 0 Å². The van der Waals surface area contributed by atoms with Crippen LogP contribution in [0.25, 0.3) is 0 Å². The topological polar surface area (TPSA) is 99.2 Å². The zero-order valence-corrected chi connectivity index (χ0v) is 7.80. The van der Waals surface area contributed by atoms with Crippen LogP contribution >= 0.6 is 0 Å². The zero-order valence-electron chi connectivity index (χ0n) is 7.80. The van der Waals surface area contributed by atoms with E-state index < -0.39 is 4.92 Å². The molecule has 0 heterocycles. The van der Waals surface area contributed by atoms with Crippen LogP contribution in [0.2, 0.25) is 0 Å². The van der Waals surface area contributed by atoms with E-state index in [0.717, 1.165) is 0 Å². The zero-order chi connectivity index (χ0) is 11.3. The summed E-state index contributed by atoms with van der Waals surface area (Å²) in [7, 11) is 0. The molecule has 0 aliphatic heterocycles. The van der Waals surface area contributed by atoms with Gasteiger partial charge >= 0.3 is 0 Å². The maximum Gasteiger partial charge on any atom is 0.292 e. The Balaban J connectivity index is 3.06. The van der Waals surface area contributed by atoms with E-state index in [1.807, 2.05) is 6.07 Å². The Labute approximate surface area is 85.9 Å². The van der Waals surface area contributed by atoms with Crippen LogP contribution in [0.3, 0.4) is 0 Å². The molecule has 15 heavy (non-hydrogen) atoms. The van der Waals surface area contributed by atoms with Gasteiger partial charge in [0.1, 0.15) is 5.69 Å². The van der Waals surface area contributed by atoms with Crippen LogP contribution in [0.1, 0.15) is 5.56 Å². The van der Waals surface area contributed by atoms with Crippen molar-refractivity contribution in [3.8, 4) is 6.07 Å². The fourth-order valence-electron chi connectivity index (χ4n) is 1.10. The molecule has 0 aromatic heterocycles. The number of nitrogens with zero attached hydrogens (tertiary/aromatic N) is 2. The lowest BCUT2D eigenvalue weighted by Crippen LogP contribution is -2.07. The molecule has 0 atom stereocenters. The molecule has 1 rings (SSSR count). The summed E-state index contributed by atoms with van der Waals surface area (Å²) in [6.45, 7) is 0.0731. The first-order valence-corrected chi connectivity index (χ1v) is 4.22. The molecule has 0 bridgehead atoms. The van der Waals surface area contributed by atoms with Crippen LogP contribution in [0, 0.1) is 21.4 Å². The second kappa shape index (κ2) is 4.93. The van der Waals surface area contributed by atoms with Gasteiger partial charge in [0.05, 0.1) is 23.2 Å². The molecule has 0 aliphatic carbocycles. The molecular formula is C9H9N3O3.